The Hall–Kier alpha value is -2.38. The summed E-state index contributed by atoms with van der Waals surface area (Å²) in [4.78, 5) is 12.5. The van der Waals surface area contributed by atoms with Gasteiger partial charge in [-0.2, -0.15) is 0 Å². The van der Waals surface area contributed by atoms with E-state index in [0.29, 0.717) is 45.5 Å². The lowest BCUT2D eigenvalue weighted by Crippen LogP contribution is -2.44. The van der Waals surface area contributed by atoms with Crippen LogP contribution in [0.2, 0.25) is 0 Å². The largest absolute Gasteiger partial charge is 0.491 e. The molecule has 1 N–H and O–H groups in total. The third kappa shape index (κ3) is 6.81. The van der Waals surface area contributed by atoms with Crippen LogP contribution in [0.4, 0.5) is 0 Å². The van der Waals surface area contributed by atoms with Crippen molar-refractivity contribution in [1.82, 2.24) is 9.62 Å². The number of carbonyl (C=O) groups is 1. The first-order chi connectivity index (χ1) is 15.4. The Morgan fingerprint density at radius 3 is 2.50 bits per heavy atom. The van der Waals surface area contributed by atoms with Crippen molar-refractivity contribution in [2.75, 3.05) is 32.0 Å². The number of sulfonamides is 1. The molecule has 0 radical (unpaired) electrons. The molecule has 0 aromatic heterocycles. The molecule has 1 saturated heterocycles. The third-order valence-electron chi connectivity index (χ3n) is 6.14. The maximum Gasteiger partial charge on any atom is 0.223 e. The van der Waals surface area contributed by atoms with Crippen LogP contribution in [0.5, 0.6) is 5.75 Å². The Morgan fingerprint density at radius 1 is 1.06 bits per heavy atom. The number of carbonyl (C=O) groups excluding carboxylic acids is 1. The molecule has 1 heterocycles. The molecular weight excluding hydrogens is 424 g/mol. The maximum atomic E-state index is 12.7. The molecule has 7 heteroatoms. The number of piperidine rings is 1. The highest BCUT2D eigenvalue weighted by atomic mass is 32.2. The van der Waals surface area contributed by atoms with E-state index in [-0.39, 0.29) is 17.6 Å². The van der Waals surface area contributed by atoms with E-state index in [2.05, 4.69) is 5.32 Å². The quantitative estimate of drug-likeness (QED) is 0.553. The maximum absolute atomic E-state index is 12.7. The normalized spacial score (nSPS) is 15.4. The van der Waals surface area contributed by atoms with Crippen molar-refractivity contribution < 1.29 is 17.9 Å². The zero-order valence-corrected chi connectivity index (χ0v) is 19.9. The van der Waals surface area contributed by atoms with Crippen LogP contribution in [-0.2, 0) is 21.2 Å². The van der Waals surface area contributed by atoms with Crippen LogP contribution in [0.15, 0.2) is 48.5 Å². The molecule has 0 bridgehead atoms. The predicted octanol–water partition coefficient (Wildman–Crippen LogP) is 3.47. The van der Waals surface area contributed by atoms with Gasteiger partial charge in [0.05, 0.1) is 12.3 Å². The molecule has 1 aliphatic rings. The summed E-state index contributed by atoms with van der Waals surface area (Å²) < 4.78 is 32.6. The van der Waals surface area contributed by atoms with Crippen molar-refractivity contribution in [1.29, 1.82) is 0 Å². The van der Waals surface area contributed by atoms with E-state index in [1.807, 2.05) is 62.4 Å². The van der Waals surface area contributed by atoms with Gasteiger partial charge in [0.25, 0.3) is 0 Å². The molecule has 174 valence electrons. The minimum absolute atomic E-state index is 0.0179. The van der Waals surface area contributed by atoms with Gasteiger partial charge in [0.2, 0.25) is 15.9 Å². The summed E-state index contributed by atoms with van der Waals surface area (Å²) in [5, 5.41) is 2.93. The van der Waals surface area contributed by atoms with Crippen molar-refractivity contribution >= 4 is 15.9 Å². The molecule has 0 atom stereocenters. The summed E-state index contributed by atoms with van der Waals surface area (Å²) in [7, 11) is -3.28. The molecule has 1 amide bonds. The average Bonchev–Trinajstić information content (AvgIpc) is 2.80. The van der Waals surface area contributed by atoms with Crippen molar-refractivity contribution in [3.63, 3.8) is 0 Å². The van der Waals surface area contributed by atoms with Crippen LogP contribution in [0.3, 0.4) is 0 Å². The number of amides is 1. The van der Waals surface area contributed by atoms with Gasteiger partial charge in [0.1, 0.15) is 12.4 Å². The fourth-order valence-corrected chi connectivity index (χ4v) is 5.52. The Labute approximate surface area is 192 Å². The number of hydrogen-bond acceptors (Lipinski definition) is 4. The molecule has 0 spiro atoms. The molecule has 0 aliphatic carbocycles. The van der Waals surface area contributed by atoms with Gasteiger partial charge in [-0.15, -0.1) is 0 Å². The zero-order chi connectivity index (χ0) is 23.0. The van der Waals surface area contributed by atoms with Crippen molar-refractivity contribution in [2.24, 2.45) is 5.92 Å². The highest BCUT2D eigenvalue weighted by Crippen LogP contribution is 2.22. The second-order valence-electron chi connectivity index (χ2n) is 8.42. The lowest BCUT2D eigenvalue weighted by Gasteiger charge is -2.30. The van der Waals surface area contributed by atoms with Gasteiger partial charge in [-0.3, -0.25) is 4.79 Å². The number of nitrogens with zero attached hydrogens (tertiary/aromatic N) is 1. The molecule has 1 fully saturated rings. The van der Waals surface area contributed by atoms with E-state index in [1.165, 1.54) is 5.56 Å². The van der Waals surface area contributed by atoms with Gasteiger partial charge in [0, 0.05) is 19.0 Å². The van der Waals surface area contributed by atoms with Gasteiger partial charge in [-0.25, -0.2) is 12.7 Å². The van der Waals surface area contributed by atoms with Crippen LogP contribution in [0, 0.1) is 19.8 Å². The van der Waals surface area contributed by atoms with E-state index in [9.17, 15) is 13.2 Å². The Bertz CT molecular complexity index is 984. The standard InChI is InChI=1S/C25H34N2O4S/c1-20-8-6-12-24(21(20)2)31-18-15-26-25(28)23-13-16-27(17-14-23)32(29,30)19-7-11-22-9-4-3-5-10-22/h3-6,8-10,12,23H,7,11,13-19H2,1-2H3,(H,26,28). The highest BCUT2D eigenvalue weighted by Gasteiger charge is 2.30. The number of rotatable bonds is 10. The van der Waals surface area contributed by atoms with Gasteiger partial charge in [-0.1, -0.05) is 42.5 Å². The van der Waals surface area contributed by atoms with Crippen LogP contribution < -0.4 is 10.1 Å². The van der Waals surface area contributed by atoms with Crippen molar-refractivity contribution in [3.8, 4) is 5.75 Å². The first-order valence-electron chi connectivity index (χ1n) is 11.4. The molecule has 32 heavy (non-hydrogen) atoms. The Morgan fingerprint density at radius 2 is 1.78 bits per heavy atom. The number of nitrogens with one attached hydrogen (secondary N) is 1. The smallest absolute Gasteiger partial charge is 0.223 e. The summed E-state index contributed by atoms with van der Waals surface area (Å²) in [6, 6.07) is 15.9. The van der Waals surface area contributed by atoms with E-state index < -0.39 is 10.0 Å². The summed E-state index contributed by atoms with van der Waals surface area (Å²) in [6.45, 7) is 5.72. The van der Waals surface area contributed by atoms with E-state index in [1.54, 1.807) is 4.31 Å². The lowest BCUT2D eigenvalue weighted by molar-refractivity contribution is -0.126. The van der Waals surface area contributed by atoms with E-state index >= 15 is 0 Å². The SMILES string of the molecule is Cc1cccc(OCCNC(=O)C2CCN(S(=O)(=O)CCCc3ccccc3)CC2)c1C. The molecule has 1 aliphatic heterocycles. The molecule has 3 rings (SSSR count). The zero-order valence-electron chi connectivity index (χ0n) is 19.0. The minimum atomic E-state index is -3.28. The van der Waals surface area contributed by atoms with Crippen molar-refractivity contribution in [2.45, 2.75) is 39.5 Å². The number of benzene rings is 2. The van der Waals surface area contributed by atoms with Crippen LogP contribution in [0.25, 0.3) is 0 Å². The first-order valence-corrected chi connectivity index (χ1v) is 13.0. The van der Waals surface area contributed by atoms with Crippen LogP contribution in [0.1, 0.15) is 36.0 Å². The molecular formula is C25H34N2O4S. The van der Waals surface area contributed by atoms with Crippen molar-refractivity contribution in [3.05, 3.63) is 65.2 Å². The van der Waals surface area contributed by atoms with Gasteiger partial charge >= 0.3 is 0 Å². The summed E-state index contributed by atoms with van der Waals surface area (Å²) in [5.41, 5.74) is 3.43. The Balaban J connectivity index is 1.36. The second-order valence-corrected chi connectivity index (χ2v) is 10.5. The number of ether oxygens (including phenoxy) is 1. The molecule has 2 aromatic rings. The van der Waals surface area contributed by atoms with Crippen LogP contribution >= 0.6 is 0 Å². The molecule has 0 unspecified atom stereocenters. The number of hydrogen-bond donors (Lipinski definition) is 1. The molecule has 2 aromatic carbocycles. The fraction of sp³-hybridized carbons (Fsp3) is 0.480. The van der Waals surface area contributed by atoms with Gasteiger partial charge in [0.15, 0.2) is 0 Å². The second kappa shape index (κ2) is 11.5. The monoisotopic (exact) mass is 458 g/mol. The lowest BCUT2D eigenvalue weighted by atomic mass is 9.97. The summed E-state index contributed by atoms with van der Waals surface area (Å²) in [5.74, 6) is 0.821. The fourth-order valence-electron chi connectivity index (χ4n) is 3.99. The number of aryl methyl sites for hydroxylation is 2. The first kappa shape index (κ1) is 24.3. The highest BCUT2D eigenvalue weighted by molar-refractivity contribution is 7.89. The third-order valence-corrected chi connectivity index (χ3v) is 8.10. The minimum Gasteiger partial charge on any atom is -0.491 e. The van der Waals surface area contributed by atoms with Gasteiger partial charge < -0.3 is 10.1 Å². The summed E-state index contributed by atoms with van der Waals surface area (Å²) in [6.07, 6.45) is 2.47. The van der Waals surface area contributed by atoms with E-state index in [0.717, 1.165) is 23.3 Å². The van der Waals surface area contributed by atoms with Gasteiger partial charge in [-0.05, 0) is 62.3 Å². The average molecular weight is 459 g/mol. The Kier molecular flexibility index (Phi) is 8.70. The predicted molar refractivity (Wildman–Crippen MR) is 127 cm³/mol. The topological polar surface area (TPSA) is 75.7 Å². The molecule has 6 nitrogen and oxygen atoms in total. The molecule has 0 saturated carbocycles. The van der Waals surface area contributed by atoms with E-state index in [4.69, 9.17) is 4.74 Å². The summed E-state index contributed by atoms with van der Waals surface area (Å²) >= 11 is 0. The van der Waals surface area contributed by atoms with Crippen LogP contribution in [-0.4, -0.2) is 50.6 Å².